The molecule has 0 fully saturated rings. The van der Waals surface area contributed by atoms with Gasteiger partial charge < -0.3 is 10.6 Å². The highest BCUT2D eigenvalue weighted by molar-refractivity contribution is 5.96. The molecule has 0 saturated carbocycles. The molecular weight excluding hydrogens is 222 g/mol. The molecule has 100 valence electrons. The van der Waals surface area contributed by atoms with Gasteiger partial charge in [0.25, 0.3) is 0 Å². The lowest BCUT2D eigenvalue weighted by Crippen LogP contribution is -2.30. The minimum atomic E-state index is 0.136. The molecule has 0 saturated heterocycles. The average Bonchev–Trinajstić information content (AvgIpc) is 2.26. The molecule has 1 aromatic rings. The van der Waals surface area contributed by atoms with Crippen molar-refractivity contribution >= 4 is 11.5 Å². The van der Waals surface area contributed by atoms with Crippen LogP contribution in [0.3, 0.4) is 0 Å². The maximum absolute atomic E-state index is 7.50. The van der Waals surface area contributed by atoms with Crippen molar-refractivity contribution < 1.29 is 0 Å². The summed E-state index contributed by atoms with van der Waals surface area (Å²) in [7, 11) is 2.12. The molecule has 0 radical (unpaired) electrons. The zero-order valence-corrected chi connectivity index (χ0v) is 12.1. The zero-order chi connectivity index (χ0) is 13.9. The van der Waals surface area contributed by atoms with Gasteiger partial charge in [0.15, 0.2) is 0 Å². The molecule has 0 amide bonds. The van der Waals surface area contributed by atoms with Gasteiger partial charge in [0, 0.05) is 24.3 Å². The van der Waals surface area contributed by atoms with Crippen LogP contribution in [-0.2, 0) is 0 Å². The third kappa shape index (κ3) is 3.49. The molecule has 0 aliphatic heterocycles. The minimum absolute atomic E-state index is 0.136. The Kier molecular flexibility index (Phi) is 4.76. The number of nitrogens with one attached hydrogen (secondary N) is 1. The molecule has 3 nitrogen and oxygen atoms in total. The standard InChI is InChI=1S/C15H25N3/c1-10(2)8-12(4)18(5)13-6-7-14(15(16)17)11(3)9-13/h6-7,9-10,12H,8H2,1-5H3,(H3,16,17). The van der Waals surface area contributed by atoms with Gasteiger partial charge in [-0.05, 0) is 49.9 Å². The normalized spacial score (nSPS) is 12.6. The fourth-order valence-corrected chi connectivity index (χ4v) is 2.26. The molecule has 0 bridgehead atoms. The Morgan fingerprint density at radius 2 is 1.94 bits per heavy atom. The Morgan fingerprint density at radius 3 is 2.39 bits per heavy atom. The van der Waals surface area contributed by atoms with Crippen LogP contribution in [0.4, 0.5) is 5.69 Å². The van der Waals surface area contributed by atoms with Crippen LogP contribution in [0.2, 0.25) is 0 Å². The van der Waals surface area contributed by atoms with Gasteiger partial charge in [-0.3, -0.25) is 5.41 Å². The smallest absolute Gasteiger partial charge is 0.123 e. The predicted molar refractivity (Wildman–Crippen MR) is 79.5 cm³/mol. The molecule has 3 heteroatoms. The van der Waals surface area contributed by atoms with E-state index >= 15 is 0 Å². The summed E-state index contributed by atoms with van der Waals surface area (Å²) in [6.45, 7) is 8.73. The third-order valence-electron chi connectivity index (χ3n) is 3.38. The largest absolute Gasteiger partial charge is 0.384 e. The summed E-state index contributed by atoms with van der Waals surface area (Å²) in [4.78, 5) is 2.29. The number of nitrogens with two attached hydrogens (primary N) is 1. The first-order chi connectivity index (χ1) is 8.32. The van der Waals surface area contributed by atoms with E-state index < -0.39 is 0 Å². The van der Waals surface area contributed by atoms with E-state index in [4.69, 9.17) is 11.1 Å². The van der Waals surface area contributed by atoms with E-state index in [1.807, 2.05) is 19.1 Å². The van der Waals surface area contributed by atoms with Gasteiger partial charge >= 0.3 is 0 Å². The van der Waals surface area contributed by atoms with Crippen LogP contribution in [0.1, 0.15) is 38.3 Å². The van der Waals surface area contributed by atoms with Crippen molar-refractivity contribution in [3.63, 3.8) is 0 Å². The van der Waals surface area contributed by atoms with Crippen LogP contribution in [0, 0.1) is 18.3 Å². The fourth-order valence-electron chi connectivity index (χ4n) is 2.26. The molecule has 0 spiro atoms. The van der Waals surface area contributed by atoms with Crippen molar-refractivity contribution in [3.05, 3.63) is 29.3 Å². The highest BCUT2D eigenvalue weighted by Crippen LogP contribution is 2.22. The zero-order valence-electron chi connectivity index (χ0n) is 12.1. The van der Waals surface area contributed by atoms with Crippen LogP contribution in [0.5, 0.6) is 0 Å². The molecule has 0 heterocycles. The summed E-state index contributed by atoms with van der Waals surface area (Å²) in [5.41, 5.74) is 8.60. The monoisotopic (exact) mass is 247 g/mol. The van der Waals surface area contributed by atoms with Crippen molar-refractivity contribution in [3.8, 4) is 0 Å². The lowest BCUT2D eigenvalue weighted by Gasteiger charge is -2.29. The highest BCUT2D eigenvalue weighted by atomic mass is 15.1. The Morgan fingerprint density at radius 1 is 1.33 bits per heavy atom. The summed E-state index contributed by atoms with van der Waals surface area (Å²) in [6.07, 6.45) is 1.17. The summed E-state index contributed by atoms with van der Waals surface area (Å²) in [5, 5.41) is 7.50. The first-order valence-corrected chi connectivity index (χ1v) is 6.50. The minimum Gasteiger partial charge on any atom is -0.384 e. The van der Waals surface area contributed by atoms with E-state index in [9.17, 15) is 0 Å². The van der Waals surface area contributed by atoms with Gasteiger partial charge in [0.05, 0.1) is 0 Å². The topological polar surface area (TPSA) is 53.1 Å². The van der Waals surface area contributed by atoms with Crippen molar-refractivity contribution in [2.45, 2.75) is 40.2 Å². The van der Waals surface area contributed by atoms with E-state index in [0.29, 0.717) is 12.0 Å². The number of benzene rings is 1. The van der Waals surface area contributed by atoms with Gasteiger partial charge in [-0.2, -0.15) is 0 Å². The van der Waals surface area contributed by atoms with Crippen LogP contribution < -0.4 is 10.6 Å². The number of aryl methyl sites for hydroxylation is 1. The fraction of sp³-hybridized carbons (Fsp3) is 0.533. The number of amidine groups is 1. The van der Waals surface area contributed by atoms with Gasteiger partial charge in [0.2, 0.25) is 0 Å². The Hall–Kier alpha value is -1.51. The second kappa shape index (κ2) is 5.89. The molecule has 1 atom stereocenters. The molecule has 0 aliphatic carbocycles. The molecule has 0 aromatic heterocycles. The molecule has 3 N–H and O–H groups in total. The first kappa shape index (κ1) is 14.6. The second-order valence-corrected chi connectivity index (χ2v) is 5.50. The molecular formula is C15H25N3. The first-order valence-electron chi connectivity index (χ1n) is 6.50. The molecule has 1 unspecified atom stereocenters. The number of anilines is 1. The van der Waals surface area contributed by atoms with Crippen LogP contribution in [0.25, 0.3) is 0 Å². The lowest BCUT2D eigenvalue weighted by molar-refractivity contribution is 0.504. The van der Waals surface area contributed by atoms with Crippen LogP contribution >= 0.6 is 0 Å². The van der Waals surface area contributed by atoms with Crippen molar-refractivity contribution in [2.75, 3.05) is 11.9 Å². The van der Waals surface area contributed by atoms with Crippen molar-refractivity contribution in [2.24, 2.45) is 11.7 Å². The SMILES string of the molecule is Cc1cc(N(C)C(C)CC(C)C)ccc1C(=N)N. The van der Waals surface area contributed by atoms with E-state index in [2.05, 4.69) is 38.8 Å². The van der Waals surface area contributed by atoms with Crippen molar-refractivity contribution in [1.29, 1.82) is 5.41 Å². The summed E-state index contributed by atoms with van der Waals surface area (Å²) in [5.74, 6) is 0.831. The number of hydrogen-bond donors (Lipinski definition) is 2. The van der Waals surface area contributed by atoms with Gasteiger partial charge in [-0.25, -0.2) is 0 Å². The predicted octanol–water partition coefficient (Wildman–Crippen LogP) is 3.15. The third-order valence-corrected chi connectivity index (χ3v) is 3.38. The van der Waals surface area contributed by atoms with Gasteiger partial charge in [-0.15, -0.1) is 0 Å². The van der Waals surface area contributed by atoms with Crippen LogP contribution in [0.15, 0.2) is 18.2 Å². The van der Waals surface area contributed by atoms with Crippen molar-refractivity contribution in [1.82, 2.24) is 0 Å². The molecule has 0 aliphatic rings. The van der Waals surface area contributed by atoms with E-state index in [1.54, 1.807) is 0 Å². The number of nitrogens with zero attached hydrogens (tertiary/aromatic N) is 1. The highest BCUT2D eigenvalue weighted by Gasteiger charge is 2.13. The quantitative estimate of drug-likeness (QED) is 0.620. The van der Waals surface area contributed by atoms with E-state index in [-0.39, 0.29) is 5.84 Å². The summed E-state index contributed by atoms with van der Waals surface area (Å²) < 4.78 is 0. The Labute approximate surface area is 111 Å². The number of hydrogen-bond acceptors (Lipinski definition) is 2. The molecule has 18 heavy (non-hydrogen) atoms. The summed E-state index contributed by atoms with van der Waals surface area (Å²) in [6, 6.07) is 6.59. The maximum Gasteiger partial charge on any atom is 0.123 e. The van der Waals surface area contributed by atoms with E-state index in [0.717, 1.165) is 11.1 Å². The van der Waals surface area contributed by atoms with E-state index in [1.165, 1.54) is 12.1 Å². The number of rotatable bonds is 5. The second-order valence-electron chi connectivity index (χ2n) is 5.50. The Bertz CT molecular complexity index is 424. The van der Waals surface area contributed by atoms with Crippen LogP contribution in [-0.4, -0.2) is 18.9 Å². The Balaban J connectivity index is 2.90. The van der Waals surface area contributed by atoms with Gasteiger partial charge in [0.1, 0.15) is 5.84 Å². The van der Waals surface area contributed by atoms with Gasteiger partial charge in [-0.1, -0.05) is 13.8 Å². The molecule has 1 rings (SSSR count). The average molecular weight is 247 g/mol. The summed E-state index contributed by atoms with van der Waals surface area (Å²) >= 11 is 0. The maximum atomic E-state index is 7.50. The lowest BCUT2D eigenvalue weighted by atomic mass is 10.0. The molecule has 1 aromatic carbocycles. The number of nitrogen functional groups attached to an aromatic ring is 1.